The molecule has 5 nitrogen and oxygen atoms in total. The zero-order valence-electron chi connectivity index (χ0n) is 15.5. The summed E-state index contributed by atoms with van der Waals surface area (Å²) < 4.78 is 0. The summed E-state index contributed by atoms with van der Waals surface area (Å²) in [5, 5.41) is 3.07. The molecule has 2 atom stereocenters. The van der Waals surface area contributed by atoms with E-state index in [0.717, 1.165) is 6.42 Å². The summed E-state index contributed by atoms with van der Waals surface area (Å²) in [6.45, 7) is 8.85. The lowest BCUT2D eigenvalue weighted by Gasteiger charge is -2.39. The van der Waals surface area contributed by atoms with E-state index < -0.39 is 6.04 Å². The molecule has 2 rings (SSSR count). The van der Waals surface area contributed by atoms with Crippen molar-refractivity contribution in [1.82, 2.24) is 15.2 Å². The zero-order valence-corrected chi connectivity index (χ0v) is 15.5. The van der Waals surface area contributed by atoms with Gasteiger partial charge in [0, 0.05) is 36.5 Å². The first-order valence-corrected chi connectivity index (χ1v) is 8.89. The van der Waals surface area contributed by atoms with E-state index >= 15 is 0 Å². The Hall–Kier alpha value is -2.35. The fraction of sp³-hybridized carbons (Fsp3) is 0.550. The van der Waals surface area contributed by atoms with E-state index in [-0.39, 0.29) is 17.9 Å². The van der Waals surface area contributed by atoms with E-state index in [1.807, 2.05) is 6.07 Å². The van der Waals surface area contributed by atoms with Crippen molar-refractivity contribution in [3.05, 3.63) is 30.1 Å². The number of hydrogen-bond acceptors (Lipinski definition) is 3. The Balaban J connectivity index is 2.19. The number of piperazine rings is 1. The maximum Gasteiger partial charge on any atom is 0.299 e. The highest BCUT2D eigenvalue weighted by molar-refractivity contribution is 5.98. The summed E-state index contributed by atoms with van der Waals surface area (Å²) in [6, 6.07) is 3.13. The van der Waals surface area contributed by atoms with Crippen molar-refractivity contribution < 1.29 is 9.59 Å². The van der Waals surface area contributed by atoms with Crippen molar-refractivity contribution in [1.29, 1.82) is 0 Å². The average Bonchev–Trinajstić information content (AvgIpc) is 2.55. The molecule has 0 aromatic carbocycles. The molecule has 134 valence electrons. The van der Waals surface area contributed by atoms with Crippen LogP contribution >= 0.6 is 0 Å². The number of pyridine rings is 1. The molecule has 2 amide bonds. The third-order valence-electron chi connectivity index (χ3n) is 4.13. The Morgan fingerprint density at radius 3 is 2.64 bits per heavy atom. The van der Waals surface area contributed by atoms with Gasteiger partial charge in [0.2, 0.25) is 5.91 Å². The number of nitrogens with zero attached hydrogens (tertiary/aromatic N) is 2. The first-order chi connectivity index (χ1) is 11.9. The maximum atomic E-state index is 12.7. The van der Waals surface area contributed by atoms with Crippen LogP contribution in [0.1, 0.15) is 46.1 Å². The van der Waals surface area contributed by atoms with Gasteiger partial charge in [-0.1, -0.05) is 33.6 Å². The predicted molar refractivity (Wildman–Crippen MR) is 97.5 cm³/mol. The van der Waals surface area contributed by atoms with Crippen LogP contribution in [0.15, 0.2) is 24.5 Å². The van der Waals surface area contributed by atoms with Crippen LogP contribution < -0.4 is 5.32 Å². The van der Waals surface area contributed by atoms with Crippen molar-refractivity contribution >= 4 is 11.8 Å². The van der Waals surface area contributed by atoms with Gasteiger partial charge in [0.05, 0.1) is 0 Å². The Bertz CT molecular complexity index is 659. The zero-order chi connectivity index (χ0) is 18.4. The molecular formula is C20H27N3O2. The monoisotopic (exact) mass is 341 g/mol. The van der Waals surface area contributed by atoms with Gasteiger partial charge in [0.15, 0.2) is 0 Å². The molecule has 0 bridgehead atoms. The molecule has 0 aliphatic carbocycles. The molecule has 0 spiro atoms. The molecule has 2 unspecified atom stereocenters. The number of aromatic nitrogens is 1. The van der Waals surface area contributed by atoms with Crippen LogP contribution in [0.5, 0.6) is 0 Å². The predicted octanol–water partition coefficient (Wildman–Crippen LogP) is 2.22. The first-order valence-electron chi connectivity index (χ1n) is 8.89. The summed E-state index contributed by atoms with van der Waals surface area (Å²) in [4.78, 5) is 30.9. The molecule has 1 aromatic heterocycles. The standard InChI is InChI=1S/C20H27N3O2/c1-14(2)10-17-13-23(18(11-15(3)4)20(25)22-17)19(24)8-7-16-6-5-9-21-12-16/h5-6,9,12,14-15,17-18H,10-11,13H2,1-4H3,(H,22,25). The van der Waals surface area contributed by atoms with Gasteiger partial charge in [-0.25, -0.2) is 0 Å². The molecule has 1 aliphatic heterocycles. The molecule has 1 N–H and O–H groups in total. The fourth-order valence-corrected chi connectivity index (χ4v) is 3.09. The normalized spacial score (nSPS) is 20.2. The molecule has 25 heavy (non-hydrogen) atoms. The highest BCUT2D eigenvalue weighted by atomic mass is 16.2. The summed E-state index contributed by atoms with van der Waals surface area (Å²) >= 11 is 0. The molecule has 1 aromatic rings. The molecule has 1 fully saturated rings. The molecule has 1 aliphatic rings. The SMILES string of the molecule is CC(C)CC1CN(C(=O)C#Cc2cccnc2)C(CC(C)C)C(=O)N1. The van der Waals surface area contributed by atoms with Crippen LogP contribution in [0.3, 0.4) is 0 Å². The summed E-state index contributed by atoms with van der Waals surface area (Å²) in [6.07, 6.45) is 4.77. The second kappa shape index (κ2) is 8.66. The molecule has 0 saturated carbocycles. The van der Waals surface area contributed by atoms with Crippen LogP contribution in [0, 0.1) is 23.7 Å². The maximum absolute atomic E-state index is 12.7. The third kappa shape index (κ3) is 5.60. The summed E-state index contributed by atoms with van der Waals surface area (Å²) in [5.41, 5.74) is 0.691. The number of amides is 2. The molecule has 5 heteroatoms. The second-order valence-electron chi connectivity index (χ2n) is 7.43. The lowest BCUT2D eigenvalue weighted by atomic mass is 9.95. The quantitative estimate of drug-likeness (QED) is 0.854. The van der Waals surface area contributed by atoms with Crippen molar-refractivity contribution in [2.75, 3.05) is 6.54 Å². The minimum atomic E-state index is -0.445. The van der Waals surface area contributed by atoms with E-state index in [1.54, 1.807) is 23.4 Å². The van der Waals surface area contributed by atoms with Gasteiger partial charge in [-0.05, 0) is 36.8 Å². The van der Waals surface area contributed by atoms with E-state index in [4.69, 9.17) is 0 Å². The van der Waals surface area contributed by atoms with Crippen molar-refractivity contribution in [3.8, 4) is 11.8 Å². The number of hydrogen-bond donors (Lipinski definition) is 1. The van der Waals surface area contributed by atoms with E-state index in [0.29, 0.717) is 30.4 Å². The van der Waals surface area contributed by atoms with Gasteiger partial charge < -0.3 is 10.2 Å². The molecule has 1 saturated heterocycles. The summed E-state index contributed by atoms with van der Waals surface area (Å²) in [5.74, 6) is 5.94. The molecule has 2 heterocycles. The van der Waals surface area contributed by atoms with Crippen molar-refractivity contribution in [2.45, 2.75) is 52.6 Å². The Morgan fingerprint density at radius 2 is 2.04 bits per heavy atom. The van der Waals surface area contributed by atoms with E-state index in [2.05, 4.69) is 49.8 Å². The lowest BCUT2D eigenvalue weighted by molar-refractivity contribution is -0.142. The third-order valence-corrected chi connectivity index (χ3v) is 4.13. The molecular weight excluding hydrogens is 314 g/mol. The number of rotatable bonds is 4. The lowest BCUT2D eigenvalue weighted by Crippen LogP contribution is -2.61. The molecule has 0 radical (unpaired) electrons. The van der Waals surface area contributed by atoms with Gasteiger partial charge in [-0.2, -0.15) is 0 Å². The van der Waals surface area contributed by atoms with Gasteiger partial charge in [0.1, 0.15) is 6.04 Å². The minimum Gasteiger partial charge on any atom is -0.350 e. The van der Waals surface area contributed by atoms with Crippen LogP contribution in [-0.4, -0.2) is 40.3 Å². The average molecular weight is 341 g/mol. The van der Waals surface area contributed by atoms with Crippen LogP contribution in [0.2, 0.25) is 0 Å². The highest BCUT2D eigenvalue weighted by Gasteiger charge is 2.37. The number of carbonyl (C=O) groups is 2. The van der Waals surface area contributed by atoms with Gasteiger partial charge in [-0.15, -0.1) is 0 Å². The van der Waals surface area contributed by atoms with Gasteiger partial charge in [0.25, 0.3) is 5.91 Å². The number of carbonyl (C=O) groups excluding carboxylic acids is 2. The second-order valence-corrected chi connectivity index (χ2v) is 7.43. The van der Waals surface area contributed by atoms with Crippen LogP contribution in [0.4, 0.5) is 0 Å². The van der Waals surface area contributed by atoms with E-state index in [9.17, 15) is 9.59 Å². The van der Waals surface area contributed by atoms with Crippen molar-refractivity contribution in [2.24, 2.45) is 11.8 Å². The van der Waals surface area contributed by atoms with E-state index in [1.165, 1.54) is 0 Å². The fourth-order valence-electron chi connectivity index (χ4n) is 3.09. The Labute approximate surface area is 150 Å². The van der Waals surface area contributed by atoms with Crippen molar-refractivity contribution in [3.63, 3.8) is 0 Å². The number of nitrogens with one attached hydrogen (secondary N) is 1. The van der Waals surface area contributed by atoms with Crippen LogP contribution in [-0.2, 0) is 9.59 Å². The smallest absolute Gasteiger partial charge is 0.299 e. The first kappa shape index (κ1) is 19.0. The summed E-state index contributed by atoms with van der Waals surface area (Å²) in [7, 11) is 0. The minimum absolute atomic E-state index is 0.0138. The Morgan fingerprint density at radius 1 is 1.32 bits per heavy atom. The van der Waals surface area contributed by atoms with Gasteiger partial charge >= 0.3 is 0 Å². The largest absolute Gasteiger partial charge is 0.350 e. The topological polar surface area (TPSA) is 62.3 Å². The highest BCUT2D eigenvalue weighted by Crippen LogP contribution is 2.19. The Kier molecular flexibility index (Phi) is 6.58. The van der Waals surface area contributed by atoms with Crippen LogP contribution in [0.25, 0.3) is 0 Å². The van der Waals surface area contributed by atoms with Gasteiger partial charge in [-0.3, -0.25) is 14.6 Å².